The minimum atomic E-state index is -0.910. The lowest BCUT2D eigenvalue weighted by atomic mass is 9.88. The Labute approximate surface area is 151 Å². The zero-order valence-corrected chi connectivity index (χ0v) is 14.7. The lowest BCUT2D eigenvalue weighted by molar-refractivity contribution is 0.0688. The fourth-order valence-corrected chi connectivity index (χ4v) is 3.47. The Morgan fingerprint density at radius 2 is 1.81 bits per heavy atom. The minimum Gasteiger partial charge on any atom is -0.478 e. The molecule has 1 aliphatic rings. The van der Waals surface area contributed by atoms with E-state index in [1.54, 1.807) is 36.1 Å². The maximum atomic E-state index is 12.6. The number of aromatic amines is 1. The van der Waals surface area contributed by atoms with Crippen molar-refractivity contribution in [1.29, 1.82) is 0 Å². The van der Waals surface area contributed by atoms with E-state index >= 15 is 0 Å². The lowest BCUT2D eigenvalue weighted by Crippen LogP contribution is -2.41. The van der Waals surface area contributed by atoms with Crippen LogP contribution in [-0.4, -0.2) is 40.0 Å². The van der Waals surface area contributed by atoms with Crippen LogP contribution in [0.2, 0.25) is 0 Å². The van der Waals surface area contributed by atoms with Crippen LogP contribution in [0.3, 0.4) is 0 Å². The molecule has 0 saturated carbocycles. The van der Waals surface area contributed by atoms with Crippen LogP contribution < -0.4 is 5.56 Å². The predicted molar refractivity (Wildman–Crippen MR) is 97.5 cm³/mol. The van der Waals surface area contributed by atoms with Gasteiger partial charge in [-0.2, -0.15) is 0 Å². The van der Waals surface area contributed by atoms with E-state index in [4.69, 9.17) is 0 Å². The molecule has 1 fully saturated rings. The number of carboxylic acid groups (broad SMARTS) is 1. The molecule has 26 heavy (non-hydrogen) atoms. The SMILES string of the molecule is Cc1ccc(C(=O)N2CCC(Cc3ccccc3C(=O)O)CC2)c(=O)[nH]1. The molecule has 0 aliphatic carbocycles. The molecule has 0 spiro atoms. The second-order valence-electron chi connectivity index (χ2n) is 6.79. The normalized spacial score (nSPS) is 15.0. The fraction of sp³-hybridized carbons (Fsp3) is 0.350. The molecule has 0 radical (unpaired) electrons. The summed E-state index contributed by atoms with van der Waals surface area (Å²) in [5, 5.41) is 9.30. The van der Waals surface area contributed by atoms with Crippen molar-refractivity contribution in [3.63, 3.8) is 0 Å². The first-order valence-electron chi connectivity index (χ1n) is 8.76. The highest BCUT2D eigenvalue weighted by Crippen LogP contribution is 2.24. The number of amides is 1. The number of carboxylic acids is 1. The van der Waals surface area contributed by atoms with Gasteiger partial charge in [0, 0.05) is 18.8 Å². The number of rotatable bonds is 4. The number of aryl methyl sites for hydroxylation is 1. The third-order valence-electron chi connectivity index (χ3n) is 4.94. The smallest absolute Gasteiger partial charge is 0.335 e. The number of aromatic nitrogens is 1. The van der Waals surface area contributed by atoms with Crippen molar-refractivity contribution in [2.75, 3.05) is 13.1 Å². The van der Waals surface area contributed by atoms with Gasteiger partial charge in [0.15, 0.2) is 0 Å². The second-order valence-corrected chi connectivity index (χ2v) is 6.79. The van der Waals surface area contributed by atoms with Crippen molar-refractivity contribution < 1.29 is 14.7 Å². The largest absolute Gasteiger partial charge is 0.478 e. The number of carbonyl (C=O) groups excluding carboxylic acids is 1. The molecular weight excluding hydrogens is 332 g/mol. The Morgan fingerprint density at radius 1 is 1.12 bits per heavy atom. The van der Waals surface area contributed by atoms with E-state index in [1.165, 1.54) is 0 Å². The number of likely N-dealkylation sites (tertiary alicyclic amines) is 1. The van der Waals surface area contributed by atoms with Crippen LogP contribution in [0.5, 0.6) is 0 Å². The van der Waals surface area contributed by atoms with E-state index in [-0.39, 0.29) is 17.0 Å². The Kier molecular flexibility index (Phi) is 5.21. The molecule has 2 heterocycles. The van der Waals surface area contributed by atoms with Crippen LogP contribution in [0.25, 0.3) is 0 Å². The summed E-state index contributed by atoms with van der Waals surface area (Å²) >= 11 is 0. The molecule has 3 rings (SSSR count). The number of nitrogens with one attached hydrogen (secondary N) is 1. The molecule has 2 N–H and O–H groups in total. The van der Waals surface area contributed by atoms with Crippen molar-refractivity contribution in [2.45, 2.75) is 26.2 Å². The van der Waals surface area contributed by atoms with Gasteiger partial charge in [0.1, 0.15) is 5.56 Å². The molecule has 1 aromatic carbocycles. The first kappa shape index (κ1) is 17.9. The molecule has 0 atom stereocenters. The van der Waals surface area contributed by atoms with Crippen LogP contribution in [0.1, 0.15) is 44.8 Å². The highest BCUT2D eigenvalue weighted by Gasteiger charge is 2.26. The number of piperidine rings is 1. The fourth-order valence-electron chi connectivity index (χ4n) is 3.47. The second kappa shape index (κ2) is 7.56. The maximum absolute atomic E-state index is 12.6. The average Bonchev–Trinajstić information content (AvgIpc) is 2.62. The molecule has 0 unspecified atom stereocenters. The summed E-state index contributed by atoms with van der Waals surface area (Å²) in [6.07, 6.45) is 2.28. The molecule has 1 saturated heterocycles. The van der Waals surface area contributed by atoms with Crippen LogP contribution >= 0.6 is 0 Å². The molecule has 1 aromatic heterocycles. The number of pyridine rings is 1. The summed E-state index contributed by atoms with van der Waals surface area (Å²) in [7, 11) is 0. The van der Waals surface area contributed by atoms with E-state index in [2.05, 4.69) is 4.98 Å². The summed E-state index contributed by atoms with van der Waals surface area (Å²) in [4.78, 5) is 40.2. The molecule has 136 valence electrons. The molecule has 2 aromatic rings. The summed E-state index contributed by atoms with van der Waals surface area (Å²) in [5.41, 5.74) is 1.72. The van der Waals surface area contributed by atoms with E-state index in [0.29, 0.717) is 31.0 Å². The summed E-state index contributed by atoms with van der Waals surface area (Å²) in [6.45, 7) is 2.92. The molecular formula is C20H22N2O4. The van der Waals surface area contributed by atoms with Crippen LogP contribution in [0.4, 0.5) is 0 Å². The van der Waals surface area contributed by atoms with Crippen molar-refractivity contribution in [1.82, 2.24) is 9.88 Å². The van der Waals surface area contributed by atoms with Gasteiger partial charge in [-0.15, -0.1) is 0 Å². The van der Waals surface area contributed by atoms with Gasteiger partial charge in [-0.25, -0.2) is 4.79 Å². The van der Waals surface area contributed by atoms with E-state index in [9.17, 15) is 19.5 Å². The number of nitrogens with zero attached hydrogens (tertiary/aromatic N) is 1. The Bertz CT molecular complexity index is 879. The van der Waals surface area contributed by atoms with Gasteiger partial charge in [-0.05, 0) is 55.9 Å². The number of hydrogen-bond donors (Lipinski definition) is 2. The highest BCUT2D eigenvalue weighted by atomic mass is 16.4. The first-order chi connectivity index (χ1) is 12.5. The zero-order valence-electron chi connectivity index (χ0n) is 14.7. The van der Waals surface area contributed by atoms with Crippen LogP contribution in [0.15, 0.2) is 41.2 Å². The number of H-pyrrole nitrogens is 1. The average molecular weight is 354 g/mol. The van der Waals surface area contributed by atoms with E-state index in [1.807, 2.05) is 12.1 Å². The molecule has 1 amide bonds. The molecule has 1 aliphatic heterocycles. The standard InChI is InChI=1S/C20H22N2O4/c1-13-6-7-17(18(23)21-13)19(24)22-10-8-14(9-11-22)12-15-4-2-3-5-16(15)20(25)26/h2-7,14H,8-12H2,1H3,(H,21,23)(H,25,26). The van der Waals surface area contributed by atoms with Gasteiger partial charge in [-0.3, -0.25) is 9.59 Å². The lowest BCUT2D eigenvalue weighted by Gasteiger charge is -2.32. The van der Waals surface area contributed by atoms with Crippen LogP contribution in [0, 0.1) is 12.8 Å². The minimum absolute atomic E-state index is 0.172. The highest BCUT2D eigenvalue weighted by molar-refractivity contribution is 5.94. The first-order valence-corrected chi connectivity index (χ1v) is 8.76. The number of hydrogen-bond acceptors (Lipinski definition) is 3. The van der Waals surface area contributed by atoms with Crippen molar-refractivity contribution in [2.24, 2.45) is 5.92 Å². The van der Waals surface area contributed by atoms with E-state index in [0.717, 1.165) is 24.1 Å². The Morgan fingerprint density at radius 3 is 2.46 bits per heavy atom. The third-order valence-corrected chi connectivity index (χ3v) is 4.94. The van der Waals surface area contributed by atoms with Crippen molar-refractivity contribution in [3.8, 4) is 0 Å². The number of carbonyl (C=O) groups is 2. The van der Waals surface area contributed by atoms with Gasteiger partial charge in [0.2, 0.25) is 0 Å². The van der Waals surface area contributed by atoms with Crippen LogP contribution in [-0.2, 0) is 6.42 Å². The molecule has 0 bridgehead atoms. The third kappa shape index (κ3) is 3.85. The monoisotopic (exact) mass is 354 g/mol. The van der Waals surface area contributed by atoms with Crippen molar-refractivity contribution >= 4 is 11.9 Å². The number of benzene rings is 1. The Balaban J connectivity index is 1.64. The van der Waals surface area contributed by atoms with Gasteiger partial charge >= 0.3 is 5.97 Å². The zero-order chi connectivity index (χ0) is 18.7. The maximum Gasteiger partial charge on any atom is 0.335 e. The summed E-state index contributed by atoms with van der Waals surface area (Å²) in [5.74, 6) is -0.821. The van der Waals surface area contributed by atoms with Gasteiger partial charge < -0.3 is 15.0 Å². The summed E-state index contributed by atoms with van der Waals surface area (Å²) in [6, 6.07) is 10.4. The topological polar surface area (TPSA) is 90.5 Å². The van der Waals surface area contributed by atoms with Gasteiger partial charge in [0.25, 0.3) is 11.5 Å². The molecule has 6 heteroatoms. The van der Waals surface area contributed by atoms with Crippen molar-refractivity contribution in [3.05, 3.63) is 69.1 Å². The summed E-state index contributed by atoms with van der Waals surface area (Å²) < 4.78 is 0. The number of aromatic carboxylic acids is 1. The molecule has 6 nitrogen and oxygen atoms in total. The Hall–Kier alpha value is -2.89. The quantitative estimate of drug-likeness (QED) is 0.882. The predicted octanol–water partition coefficient (Wildman–Crippen LogP) is 2.48. The van der Waals surface area contributed by atoms with Gasteiger partial charge in [0.05, 0.1) is 5.56 Å². The van der Waals surface area contributed by atoms with Gasteiger partial charge in [-0.1, -0.05) is 18.2 Å². The van der Waals surface area contributed by atoms with E-state index < -0.39 is 5.97 Å².